The van der Waals surface area contributed by atoms with Crippen molar-refractivity contribution < 1.29 is 32.7 Å². The van der Waals surface area contributed by atoms with Gasteiger partial charge >= 0.3 is 6.03 Å². The molecular formula is C39H62N6O7S. The zero-order chi connectivity index (χ0) is 40.3. The second-order valence-electron chi connectivity index (χ2n) is 16.1. The second-order valence-corrected chi connectivity index (χ2v) is 17.1. The number of carbonyl (C=O) groups is 5. The molecule has 1 saturated heterocycles. The smallest absolute Gasteiger partial charge is 0.315 e. The van der Waals surface area contributed by atoms with E-state index in [1.54, 1.807) is 31.2 Å². The van der Waals surface area contributed by atoms with Crippen molar-refractivity contribution in [1.29, 1.82) is 0 Å². The lowest BCUT2D eigenvalue weighted by atomic mass is 9.83. The summed E-state index contributed by atoms with van der Waals surface area (Å²) in [6.45, 7) is 23.7. The molecule has 1 aromatic rings. The Morgan fingerprint density at radius 1 is 1.00 bits per heavy atom. The number of hydrogen-bond donors (Lipinski definition) is 6. The summed E-state index contributed by atoms with van der Waals surface area (Å²) in [4.78, 5) is 69.9. The van der Waals surface area contributed by atoms with Gasteiger partial charge in [-0.3, -0.25) is 19.2 Å². The van der Waals surface area contributed by atoms with Gasteiger partial charge in [-0.1, -0.05) is 99.9 Å². The van der Waals surface area contributed by atoms with E-state index >= 15 is 0 Å². The first-order valence-electron chi connectivity index (χ1n) is 18.5. The van der Waals surface area contributed by atoms with Crippen LogP contribution in [0.5, 0.6) is 0 Å². The number of ketones is 1. The lowest BCUT2D eigenvalue weighted by molar-refractivity contribution is -0.144. The fourth-order valence-corrected chi connectivity index (χ4v) is 7.02. The fraction of sp³-hybridized carbons (Fsp3) is 0.641. The Hall–Kier alpha value is -3.84. The van der Waals surface area contributed by atoms with Gasteiger partial charge in [0.15, 0.2) is 11.1 Å². The molecule has 1 fully saturated rings. The Bertz CT molecular complexity index is 1540. The molecule has 53 heavy (non-hydrogen) atoms. The van der Waals surface area contributed by atoms with Crippen LogP contribution >= 0.6 is 0 Å². The molecule has 1 aliphatic rings. The van der Waals surface area contributed by atoms with Crippen LogP contribution in [0, 0.1) is 22.7 Å². The van der Waals surface area contributed by atoms with E-state index in [4.69, 9.17) is 0 Å². The highest BCUT2D eigenvalue weighted by Gasteiger charge is 2.50. The van der Waals surface area contributed by atoms with Gasteiger partial charge in [-0.25, -0.2) is 9.00 Å². The second kappa shape index (κ2) is 20.0. The molecule has 0 radical (unpaired) electrons. The Morgan fingerprint density at radius 3 is 2.17 bits per heavy atom. The molecule has 6 atom stereocenters. The van der Waals surface area contributed by atoms with Crippen LogP contribution in [0.2, 0.25) is 0 Å². The molecule has 0 aliphatic carbocycles. The Labute approximate surface area is 318 Å². The SMILES string of the molecule is C=C=C1CN(C(=O)C(NC(=O)NC(CNCc2ccccc2S(=O)O)C(C)(C)C)C(C)(C)C)C(C(=O)NC(CCCC)C(=O)C(=O)NCC)C1C(C)C. The monoisotopic (exact) mass is 758 g/mol. The van der Waals surface area contributed by atoms with Gasteiger partial charge in [-0.15, -0.1) is 5.73 Å². The maximum Gasteiger partial charge on any atom is 0.315 e. The lowest BCUT2D eigenvalue weighted by Crippen LogP contribution is -2.62. The number of likely N-dealkylation sites (N-methyl/N-ethyl adjacent to an activating group) is 1. The number of nitrogens with one attached hydrogen (secondary N) is 5. The fourth-order valence-electron chi connectivity index (χ4n) is 6.46. The maximum atomic E-state index is 14.6. The maximum absolute atomic E-state index is 14.6. The van der Waals surface area contributed by atoms with Crippen molar-refractivity contribution in [1.82, 2.24) is 31.5 Å². The highest BCUT2D eigenvalue weighted by molar-refractivity contribution is 7.79. The van der Waals surface area contributed by atoms with Crippen LogP contribution in [0.15, 0.2) is 47.0 Å². The van der Waals surface area contributed by atoms with Crippen molar-refractivity contribution in [2.24, 2.45) is 22.7 Å². The van der Waals surface area contributed by atoms with Gasteiger partial charge in [0.2, 0.25) is 17.6 Å². The Balaban J connectivity index is 2.39. The van der Waals surface area contributed by atoms with Crippen LogP contribution in [0.1, 0.15) is 94.1 Å². The van der Waals surface area contributed by atoms with Gasteiger partial charge in [0.25, 0.3) is 5.91 Å². The van der Waals surface area contributed by atoms with E-state index in [9.17, 15) is 32.7 Å². The third kappa shape index (κ3) is 12.6. The molecular weight excluding hydrogens is 697 g/mol. The van der Waals surface area contributed by atoms with Crippen LogP contribution in [0.25, 0.3) is 0 Å². The van der Waals surface area contributed by atoms with Crippen molar-refractivity contribution in [2.45, 2.75) is 124 Å². The van der Waals surface area contributed by atoms with E-state index in [0.29, 0.717) is 35.5 Å². The summed E-state index contributed by atoms with van der Waals surface area (Å²) in [6.07, 6.45) is 1.61. The number of likely N-dealkylation sites (tertiary alicyclic amines) is 1. The number of nitrogens with zero attached hydrogens (tertiary/aromatic N) is 1. The average molecular weight is 759 g/mol. The van der Waals surface area contributed by atoms with E-state index in [-0.39, 0.29) is 25.4 Å². The summed E-state index contributed by atoms with van der Waals surface area (Å²) < 4.78 is 21.5. The summed E-state index contributed by atoms with van der Waals surface area (Å²) >= 11 is -2.15. The van der Waals surface area contributed by atoms with Gasteiger partial charge < -0.3 is 36.0 Å². The van der Waals surface area contributed by atoms with E-state index in [1.165, 1.54) is 4.90 Å². The predicted molar refractivity (Wildman–Crippen MR) is 207 cm³/mol. The highest BCUT2D eigenvalue weighted by Crippen LogP contribution is 2.36. The van der Waals surface area contributed by atoms with Crippen LogP contribution in [0.3, 0.4) is 0 Å². The molecule has 5 amide bonds. The number of urea groups is 1. The van der Waals surface area contributed by atoms with Gasteiger partial charge in [0.05, 0.1) is 17.5 Å². The van der Waals surface area contributed by atoms with Crippen molar-refractivity contribution in [3.05, 3.63) is 47.7 Å². The lowest BCUT2D eigenvalue weighted by Gasteiger charge is -2.38. The number of amides is 5. The van der Waals surface area contributed by atoms with E-state index in [2.05, 4.69) is 38.9 Å². The van der Waals surface area contributed by atoms with Crippen LogP contribution in [0.4, 0.5) is 4.79 Å². The van der Waals surface area contributed by atoms with Crippen molar-refractivity contribution in [3.8, 4) is 0 Å². The number of Topliss-reactive ketones (excluding diaryl/α,β-unsaturated/α-hetero) is 1. The van der Waals surface area contributed by atoms with Gasteiger partial charge in [-0.05, 0) is 47.3 Å². The summed E-state index contributed by atoms with van der Waals surface area (Å²) in [7, 11) is 0. The first-order valence-corrected chi connectivity index (χ1v) is 19.6. The molecule has 1 aliphatic heterocycles. The first kappa shape index (κ1) is 45.3. The van der Waals surface area contributed by atoms with Crippen LogP contribution < -0.4 is 26.6 Å². The number of benzene rings is 1. The van der Waals surface area contributed by atoms with Crippen molar-refractivity contribution in [3.63, 3.8) is 0 Å². The predicted octanol–water partition coefficient (Wildman–Crippen LogP) is 4.06. The van der Waals surface area contributed by atoms with E-state index in [0.717, 1.165) is 6.42 Å². The molecule has 1 heterocycles. The molecule has 13 nitrogen and oxygen atoms in total. The zero-order valence-corrected chi connectivity index (χ0v) is 34.0. The number of carbonyl (C=O) groups excluding carboxylic acids is 5. The molecule has 0 spiro atoms. The van der Waals surface area contributed by atoms with Crippen LogP contribution in [-0.4, -0.2) is 87.0 Å². The quantitative estimate of drug-likeness (QED) is 0.0781. The third-order valence-electron chi connectivity index (χ3n) is 9.52. The number of hydrogen-bond acceptors (Lipinski definition) is 7. The normalized spacial score (nSPS) is 18.4. The average Bonchev–Trinajstić information content (AvgIpc) is 3.48. The Kier molecular flexibility index (Phi) is 17.1. The Morgan fingerprint density at radius 2 is 1.64 bits per heavy atom. The summed E-state index contributed by atoms with van der Waals surface area (Å²) in [6, 6.07) is 2.65. The van der Waals surface area contributed by atoms with Gasteiger partial charge in [0, 0.05) is 31.6 Å². The van der Waals surface area contributed by atoms with E-state index < -0.39 is 81.5 Å². The standard InChI is InChI=1S/C39H62N6O7S/c1-12-15-19-27(32(46)35(48)41-14-3)42-34(47)31-30(24(4)5)25(13-2)23-45(31)36(49)33(39(9,10)11)44-37(50)43-29(38(6,7)8)22-40-21-26-18-16-17-20-28(26)53(51)52/h16-18,20,24,27,29-31,33,40H,2,12,14-15,19,21-23H2,1,3-11H3,(H,41,48)(H,42,47)(H,51,52)(H2,43,44,50). The minimum Gasteiger partial charge on any atom is -0.350 e. The first-order chi connectivity index (χ1) is 24.7. The molecule has 14 heteroatoms. The largest absolute Gasteiger partial charge is 0.350 e. The number of unbranched alkanes of at least 4 members (excludes halogenated alkanes) is 1. The molecule has 0 bridgehead atoms. The minimum atomic E-state index is -2.15. The molecule has 6 N–H and O–H groups in total. The third-order valence-corrected chi connectivity index (χ3v) is 10.3. The molecule has 1 aromatic carbocycles. The van der Waals surface area contributed by atoms with Crippen molar-refractivity contribution >= 4 is 40.6 Å². The number of rotatable bonds is 17. The molecule has 0 saturated carbocycles. The molecule has 2 rings (SSSR count). The summed E-state index contributed by atoms with van der Waals surface area (Å²) in [5.74, 6) is -3.16. The van der Waals surface area contributed by atoms with Crippen molar-refractivity contribution in [2.75, 3.05) is 19.6 Å². The summed E-state index contributed by atoms with van der Waals surface area (Å²) in [5, 5.41) is 14.5. The zero-order valence-electron chi connectivity index (χ0n) is 33.2. The van der Waals surface area contributed by atoms with Gasteiger partial charge in [-0.2, -0.15) is 0 Å². The summed E-state index contributed by atoms with van der Waals surface area (Å²) in [5.41, 5.74) is 3.05. The van der Waals surface area contributed by atoms with Crippen LogP contribution in [-0.2, 0) is 36.8 Å². The molecule has 0 aromatic heterocycles. The molecule has 6 unspecified atom stereocenters. The van der Waals surface area contributed by atoms with Gasteiger partial charge in [0.1, 0.15) is 12.1 Å². The topological polar surface area (TPSA) is 186 Å². The minimum absolute atomic E-state index is 0.0533. The highest BCUT2D eigenvalue weighted by atomic mass is 32.2. The van der Waals surface area contributed by atoms with E-state index in [1.807, 2.05) is 62.3 Å². The molecule has 296 valence electrons.